The Hall–Kier alpha value is -1.33. The summed E-state index contributed by atoms with van der Waals surface area (Å²) < 4.78 is 0. The van der Waals surface area contributed by atoms with Crippen molar-refractivity contribution in [2.24, 2.45) is 10.7 Å². The molecule has 0 atom stereocenters. The second kappa shape index (κ2) is 4.95. The molecule has 0 amide bonds. The topological polar surface area (TPSA) is 81.5 Å². The summed E-state index contributed by atoms with van der Waals surface area (Å²) in [7, 11) is 0. The zero-order valence-corrected chi connectivity index (χ0v) is 9.00. The SMILES string of the molecule is NC(CCl)=Nc1cc(Cl)ccc1[N+](=O)[O-]. The Morgan fingerprint density at radius 1 is 1.60 bits per heavy atom. The fourth-order valence-electron chi connectivity index (χ4n) is 0.925. The van der Waals surface area contributed by atoms with Gasteiger partial charge < -0.3 is 5.73 Å². The Bertz CT molecular complexity index is 420. The number of halogens is 2. The molecule has 0 aromatic heterocycles. The van der Waals surface area contributed by atoms with Crippen LogP contribution in [0.3, 0.4) is 0 Å². The molecule has 7 heteroatoms. The summed E-state index contributed by atoms with van der Waals surface area (Å²) in [6.07, 6.45) is 0. The van der Waals surface area contributed by atoms with Crippen LogP contribution in [0.15, 0.2) is 23.2 Å². The highest BCUT2D eigenvalue weighted by molar-refractivity contribution is 6.31. The van der Waals surface area contributed by atoms with Crippen molar-refractivity contribution in [2.45, 2.75) is 0 Å². The van der Waals surface area contributed by atoms with Crippen LogP contribution in [0.25, 0.3) is 0 Å². The van der Waals surface area contributed by atoms with Crippen LogP contribution in [0.4, 0.5) is 11.4 Å². The third-order valence-corrected chi connectivity index (χ3v) is 2.04. The molecular weight excluding hydrogens is 241 g/mol. The number of aliphatic imine (C=N–C) groups is 1. The number of alkyl halides is 1. The smallest absolute Gasteiger partial charge is 0.294 e. The molecule has 0 aliphatic heterocycles. The average Bonchev–Trinajstić information content (AvgIpc) is 2.17. The van der Waals surface area contributed by atoms with Crippen LogP contribution in [0.2, 0.25) is 5.02 Å². The molecule has 0 bridgehead atoms. The summed E-state index contributed by atoms with van der Waals surface area (Å²) in [5, 5.41) is 11.0. The van der Waals surface area contributed by atoms with Crippen LogP contribution >= 0.6 is 23.2 Å². The molecule has 1 rings (SSSR count). The van der Waals surface area contributed by atoms with Crippen molar-refractivity contribution in [3.8, 4) is 0 Å². The van der Waals surface area contributed by atoms with Gasteiger partial charge in [-0.1, -0.05) is 11.6 Å². The maximum atomic E-state index is 10.6. The molecule has 5 nitrogen and oxygen atoms in total. The maximum absolute atomic E-state index is 10.6. The van der Waals surface area contributed by atoms with Gasteiger partial charge in [0, 0.05) is 11.1 Å². The molecule has 0 saturated heterocycles. The molecule has 15 heavy (non-hydrogen) atoms. The summed E-state index contributed by atoms with van der Waals surface area (Å²) in [4.78, 5) is 13.9. The van der Waals surface area contributed by atoms with Crippen molar-refractivity contribution in [2.75, 3.05) is 5.88 Å². The van der Waals surface area contributed by atoms with E-state index in [1.54, 1.807) is 0 Å². The summed E-state index contributed by atoms with van der Waals surface area (Å²) >= 11 is 11.1. The van der Waals surface area contributed by atoms with Gasteiger partial charge in [0.25, 0.3) is 5.69 Å². The molecule has 0 spiro atoms. The van der Waals surface area contributed by atoms with Gasteiger partial charge in [-0.2, -0.15) is 0 Å². The first-order chi connectivity index (χ1) is 7.04. The van der Waals surface area contributed by atoms with Gasteiger partial charge in [0.2, 0.25) is 0 Å². The number of nitro groups is 1. The first-order valence-corrected chi connectivity index (χ1v) is 4.78. The lowest BCUT2D eigenvalue weighted by Gasteiger charge is -1.99. The van der Waals surface area contributed by atoms with Crippen LogP contribution in [-0.2, 0) is 0 Å². The highest BCUT2D eigenvalue weighted by Gasteiger charge is 2.13. The van der Waals surface area contributed by atoms with E-state index in [0.717, 1.165) is 0 Å². The van der Waals surface area contributed by atoms with Gasteiger partial charge in [0.1, 0.15) is 11.5 Å². The molecule has 0 saturated carbocycles. The van der Waals surface area contributed by atoms with Crippen molar-refractivity contribution in [1.29, 1.82) is 0 Å². The Labute approximate surface area is 95.7 Å². The van der Waals surface area contributed by atoms with Crippen molar-refractivity contribution < 1.29 is 4.92 Å². The zero-order valence-electron chi connectivity index (χ0n) is 7.48. The molecule has 2 N–H and O–H groups in total. The third-order valence-electron chi connectivity index (χ3n) is 1.54. The fraction of sp³-hybridized carbons (Fsp3) is 0.125. The van der Waals surface area contributed by atoms with E-state index in [1.165, 1.54) is 18.2 Å². The van der Waals surface area contributed by atoms with E-state index in [4.69, 9.17) is 28.9 Å². The molecular formula is C8H7Cl2N3O2. The van der Waals surface area contributed by atoms with E-state index in [1.807, 2.05) is 0 Å². The molecule has 1 aromatic rings. The number of nitro benzene ring substituents is 1. The number of hydrogen-bond donors (Lipinski definition) is 1. The number of benzene rings is 1. The van der Waals surface area contributed by atoms with E-state index in [0.29, 0.717) is 5.02 Å². The largest absolute Gasteiger partial charge is 0.386 e. The van der Waals surface area contributed by atoms with Crippen LogP contribution in [0.5, 0.6) is 0 Å². The van der Waals surface area contributed by atoms with Gasteiger partial charge in [-0.25, -0.2) is 4.99 Å². The first-order valence-electron chi connectivity index (χ1n) is 3.87. The molecule has 0 heterocycles. The number of nitrogens with two attached hydrogens (primary N) is 1. The van der Waals surface area contributed by atoms with Crippen LogP contribution in [0.1, 0.15) is 0 Å². The van der Waals surface area contributed by atoms with Crippen molar-refractivity contribution >= 4 is 40.4 Å². The number of nitrogens with zero attached hydrogens (tertiary/aromatic N) is 2. The predicted octanol–water partition coefficient (Wildman–Crippen LogP) is 2.48. The van der Waals surface area contributed by atoms with Crippen LogP contribution < -0.4 is 5.73 Å². The molecule has 0 radical (unpaired) electrons. The summed E-state index contributed by atoms with van der Waals surface area (Å²) in [5.41, 5.74) is 5.32. The Morgan fingerprint density at radius 2 is 2.27 bits per heavy atom. The predicted molar refractivity (Wildman–Crippen MR) is 60.1 cm³/mol. The Morgan fingerprint density at radius 3 is 2.80 bits per heavy atom. The molecule has 0 aliphatic carbocycles. The maximum Gasteiger partial charge on any atom is 0.294 e. The van der Waals surface area contributed by atoms with E-state index in [-0.39, 0.29) is 23.1 Å². The van der Waals surface area contributed by atoms with E-state index in [9.17, 15) is 10.1 Å². The zero-order chi connectivity index (χ0) is 11.4. The second-order valence-electron chi connectivity index (χ2n) is 2.63. The minimum Gasteiger partial charge on any atom is -0.386 e. The lowest BCUT2D eigenvalue weighted by Crippen LogP contribution is -2.12. The molecule has 80 valence electrons. The summed E-state index contributed by atoms with van der Waals surface area (Å²) in [5.74, 6) is 0.103. The molecule has 0 unspecified atom stereocenters. The summed E-state index contributed by atoms with van der Waals surface area (Å²) in [6, 6.07) is 4.04. The van der Waals surface area contributed by atoms with Crippen molar-refractivity contribution in [3.63, 3.8) is 0 Å². The summed E-state index contributed by atoms with van der Waals surface area (Å²) in [6.45, 7) is 0. The van der Waals surface area contributed by atoms with Crippen molar-refractivity contribution in [3.05, 3.63) is 33.3 Å². The molecule has 1 aromatic carbocycles. The standard InChI is InChI=1S/C8H7Cl2N3O2/c9-4-8(11)12-6-3-5(10)1-2-7(6)13(14)15/h1-3H,4H2,(H2,11,12). The van der Waals surface area contributed by atoms with Gasteiger partial charge in [-0.05, 0) is 12.1 Å². The van der Waals surface area contributed by atoms with E-state index < -0.39 is 4.92 Å². The first kappa shape index (κ1) is 11.7. The monoisotopic (exact) mass is 247 g/mol. The second-order valence-corrected chi connectivity index (χ2v) is 3.33. The van der Waals surface area contributed by atoms with Gasteiger partial charge >= 0.3 is 0 Å². The number of rotatable bonds is 3. The quantitative estimate of drug-likeness (QED) is 0.293. The van der Waals surface area contributed by atoms with Gasteiger partial charge in [0.05, 0.1) is 10.8 Å². The molecule has 0 aliphatic rings. The van der Waals surface area contributed by atoms with E-state index >= 15 is 0 Å². The lowest BCUT2D eigenvalue weighted by molar-refractivity contribution is -0.384. The minimum atomic E-state index is -0.559. The fourth-order valence-corrected chi connectivity index (χ4v) is 1.15. The van der Waals surface area contributed by atoms with Gasteiger partial charge in [-0.3, -0.25) is 10.1 Å². The minimum absolute atomic E-state index is 0.00364. The van der Waals surface area contributed by atoms with Crippen LogP contribution in [0, 0.1) is 10.1 Å². The Kier molecular flexibility index (Phi) is 3.88. The van der Waals surface area contributed by atoms with E-state index in [2.05, 4.69) is 4.99 Å². The Balaban J connectivity index is 3.25. The highest BCUT2D eigenvalue weighted by Crippen LogP contribution is 2.30. The highest BCUT2D eigenvalue weighted by atomic mass is 35.5. The van der Waals surface area contributed by atoms with Gasteiger partial charge in [0.15, 0.2) is 0 Å². The normalized spacial score (nSPS) is 11.5. The molecule has 0 fully saturated rings. The lowest BCUT2D eigenvalue weighted by atomic mass is 10.3. The number of hydrogen-bond acceptors (Lipinski definition) is 3. The van der Waals surface area contributed by atoms with Gasteiger partial charge in [-0.15, -0.1) is 11.6 Å². The third kappa shape index (κ3) is 3.07. The van der Waals surface area contributed by atoms with Crippen molar-refractivity contribution in [1.82, 2.24) is 0 Å². The average molecular weight is 248 g/mol. The number of amidine groups is 1. The van der Waals surface area contributed by atoms with Crippen LogP contribution in [-0.4, -0.2) is 16.6 Å².